The Kier molecular flexibility index (Phi) is 6.68. The van der Waals surface area contributed by atoms with Gasteiger partial charge in [0, 0.05) is 29.6 Å². The van der Waals surface area contributed by atoms with Gasteiger partial charge in [0.15, 0.2) is 0 Å². The Labute approximate surface area is 208 Å². The predicted molar refractivity (Wildman–Crippen MR) is 142 cm³/mol. The van der Waals surface area contributed by atoms with Gasteiger partial charge in [0.25, 0.3) is 0 Å². The molecule has 1 amide bonds. The summed E-state index contributed by atoms with van der Waals surface area (Å²) < 4.78 is 6.68. The Bertz CT molecular complexity index is 1270. The fourth-order valence-electron chi connectivity index (χ4n) is 4.38. The van der Waals surface area contributed by atoms with Crippen LogP contribution < -0.4 is 10.1 Å². The lowest BCUT2D eigenvalue weighted by atomic mass is 10.0. The number of hydrogen-bond acceptors (Lipinski definition) is 6. The number of aromatic nitrogens is 1. The molecule has 0 unspecified atom stereocenters. The molecule has 0 spiro atoms. The van der Waals surface area contributed by atoms with Crippen molar-refractivity contribution in [3.05, 3.63) is 64.5 Å². The van der Waals surface area contributed by atoms with Crippen LogP contribution in [0.15, 0.2) is 48.5 Å². The van der Waals surface area contributed by atoms with E-state index in [1.807, 2.05) is 43.3 Å². The monoisotopic (exact) mass is 491 g/mol. The molecule has 2 aromatic carbocycles. The minimum Gasteiger partial charge on any atom is -0.494 e. The van der Waals surface area contributed by atoms with Crippen molar-refractivity contribution in [3.63, 3.8) is 0 Å². The van der Waals surface area contributed by atoms with Crippen LogP contribution in [0.3, 0.4) is 0 Å². The van der Waals surface area contributed by atoms with Crippen LogP contribution in [-0.4, -0.2) is 35.0 Å². The molecule has 0 fully saturated rings. The van der Waals surface area contributed by atoms with Crippen LogP contribution >= 0.6 is 22.7 Å². The van der Waals surface area contributed by atoms with Gasteiger partial charge in [-0.15, -0.1) is 22.7 Å². The number of anilines is 1. The number of thiazole rings is 1. The maximum Gasteiger partial charge on any atom is 0.229 e. The van der Waals surface area contributed by atoms with E-state index in [2.05, 4.69) is 36.2 Å². The van der Waals surface area contributed by atoms with Crippen molar-refractivity contribution in [3.8, 4) is 16.3 Å². The molecule has 0 bridgehead atoms. The number of thiophene rings is 1. The summed E-state index contributed by atoms with van der Waals surface area (Å²) in [4.78, 5) is 21.8. The van der Waals surface area contributed by atoms with E-state index < -0.39 is 0 Å². The molecule has 3 heterocycles. The number of amides is 1. The summed E-state index contributed by atoms with van der Waals surface area (Å²) in [5, 5.41) is 5.15. The number of benzene rings is 2. The summed E-state index contributed by atoms with van der Waals surface area (Å²) in [5.74, 6) is 0.816. The van der Waals surface area contributed by atoms with Crippen LogP contribution in [0.1, 0.15) is 36.8 Å². The lowest BCUT2D eigenvalue weighted by molar-refractivity contribution is -0.115. The molecular formula is C27H29N3O2S2. The molecule has 0 saturated heterocycles. The van der Waals surface area contributed by atoms with Crippen molar-refractivity contribution in [2.24, 2.45) is 0 Å². The van der Waals surface area contributed by atoms with Crippen molar-refractivity contribution in [1.82, 2.24) is 9.88 Å². The van der Waals surface area contributed by atoms with Crippen LogP contribution in [0.4, 0.5) is 5.00 Å². The highest BCUT2D eigenvalue weighted by Crippen LogP contribution is 2.45. The molecule has 176 valence electrons. The van der Waals surface area contributed by atoms with Gasteiger partial charge in [-0.3, -0.25) is 9.69 Å². The van der Waals surface area contributed by atoms with Gasteiger partial charge >= 0.3 is 0 Å². The summed E-state index contributed by atoms with van der Waals surface area (Å²) in [6.45, 7) is 9.03. The summed E-state index contributed by atoms with van der Waals surface area (Å²) in [5.41, 5.74) is 4.44. The smallest absolute Gasteiger partial charge is 0.229 e. The van der Waals surface area contributed by atoms with E-state index in [-0.39, 0.29) is 5.91 Å². The number of para-hydroxylation sites is 1. The normalized spacial score (nSPS) is 13.9. The Morgan fingerprint density at radius 3 is 2.68 bits per heavy atom. The summed E-state index contributed by atoms with van der Waals surface area (Å²) >= 11 is 3.41. The first-order valence-corrected chi connectivity index (χ1v) is 13.4. The average Bonchev–Trinajstić information content (AvgIpc) is 3.40. The topological polar surface area (TPSA) is 54.5 Å². The molecule has 4 aromatic rings. The summed E-state index contributed by atoms with van der Waals surface area (Å²) in [6, 6.07) is 16.5. The number of nitrogens with zero attached hydrogens (tertiary/aromatic N) is 2. The van der Waals surface area contributed by atoms with Crippen LogP contribution in [0.5, 0.6) is 5.75 Å². The number of nitrogens with one attached hydrogen (secondary N) is 1. The number of hydrogen-bond donors (Lipinski definition) is 1. The zero-order chi connectivity index (χ0) is 23.7. The van der Waals surface area contributed by atoms with Crippen molar-refractivity contribution in [1.29, 1.82) is 0 Å². The van der Waals surface area contributed by atoms with Crippen LogP contribution in [0.25, 0.3) is 20.8 Å². The van der Waals surface area contributed by atoms with Crippen LogP contribution in [0, 0.1) is 0 Å². The molecule has 0 radical (unpaired) electrons. The van der Waals surface area contributed by atoms with E-state index in [1.165, 1.54) is 15.1 Å². The van der Waals surface area contributed by atoms with Crippen LogP contribution in [0.2, 0.25) is 0 Å². The highest BCUT2D eigenvalue weighted by molar-refractivity contribution is 7.22. The third-order valence-corrected chi connectivity index (χ3v) is 8.36. The second-order valence-corrected chi connectivity index (χ2v) is 10.9. The van der Waals surface area contributed by atoms with Crippen LogP contribution in [-0.2, 0) is 24.2 Å². The average molecular weight is 492 g/mol. The SMILES string of the molecule is CCOc1ccc(CC(=O)Nc2sc3c(c2-c2nc4ccccc4s2)CCN(C(C)C)C3)cc1. The molecule has 0 saturated carbocycles. The summed E-state index contributed by atoms with van der Waals surface area (Å²) in [7, 11) is 0. The molecule has 1 aliphatic rings. The van der Waals surface area contributed by atoms with Gasteiger partial charge in [0.05, 0.1) is 23.2 Å². The van der Waals surface area contributed by atoms with Gasteiger partial charge in [0.2, 0.25) is 5.91 Å². The number of carbonyl (C=O) groups excluding carboxylic acids is 1. The number of carbonyl (C=O) groups is 1. The van der Waals surface area contributed by atoms with Crippen molar-refractivity contribution < 1.29 is 9.53 Å². The minimum atomic E-state index is -0.00849. The molecule has 2 aromatic heterocycles. The molecule has 5 nitrogen and oxygen atoms in total. The van der Waals surface area contributed by atoms with Crippen molar-refractivity contribution in [2.75, 3.05) is 18.5 Å². The van der Waals surface area contributed by atoms with E-state index in [4.69, 9.17) is 9.72 Å². The van der Waals surface area contributed by atoms with E-state index in [0.29, 0.717) is 19.1 Å². The highest BCUT2D eigenvalue weighted by atomic mass is 32.1. The molecule has 0 atom stereocenters. The van der Waals surface area contributed by atoms with Gasteiger partial charge < -0.3 is 10.1 Å². The molecular weight excluding hydrogens is 462 g/mol. The van der Waals surface area contributed by atoms with Crippen molar-refractivity contribution in [2.45, 2.75) is 46.2 Å². The maximum atomic E-state index is 13.1. The quantitative estimate of drug-likeness (QED) is 0.326. The lowest BCUT2D eigenvalue weighted by Gasteiger charge is -2.30. The maximum absolute atomic E-state index is 13.1. The molecule has 34 heavy (non-hydrogen) atoms. The zero-order valence-electron chi connectivity index (χ0n) is 19.8. The molecule has 0 aliphatic carbocycles. The number of rotatable bonds is 7. The highest BCUT2D eigenvalue weighted by Gasteiger charge is 2.28. The first-order valence-electron chi connectivity index (χ1n) is 11.8. The third-order valence-electron chi connectivity index (χ3n) is 6.18. The van der Waals surface area contributed by atoms with E-state index in [1.54, 1.807) is 22.7 Å². The Hall–Kier alpha value is -2.74. The molecule has 1 N–H and O–H groups in total. The van der Waals surface area contributed by atoms with Gasteiger partial charge in [-0.1, -0.05) is 24.3 Å². The largest absolute Gasteiger partial charge is 0.494 e. The Balaban J connectivity index is 1.45. The molecule has 1 aliphatic heterocycles. The Morgan fingerprint density at radius 2 is 1.94 bits per heavy atom. The minimum absolute atomic E-state index is 0.00849. The van der Waals surface area contributed by atoms with Gasteiger partial charge in [-0.2, -0.15) is 0 Å². The van der Waals surface area contributed by atoms with Gasteiger partial charge in [-0.05, 0) is 62.6 Å². The van der Waals surface area contributed by atoms with Crippen molar-refractivity contribution >= 4 is 43.8 Å². The zero-order valence-corrected chi connectivity index (χ0v) is 21.4. The fraction of sp³-hybridized carbons (Fsp3) is 0.333. The van der Waals surface area contributed by atoms with Gasteiger partial charge in [0.1, 0.15) is 15.8 Å². The first kappa shape index (κ1) is 23.0. The van der Waals surface area contributed by atoms with E-state index in [9.17, 15) is 4.79 Å². The van der Waals surface area contributed by atoms with Gasteiger partial charge in [-0.25, -0.2) is 4.98 Å². The molecule has 7 heteroatoms. The predicted octanol–water partition coefficient (Wildman–Crippen LogP) is 6.37. The first-order chi connectivity index (χ1) is 16.5. The number of ether oxygens (including phenoxy) is 1. The second-order valence-electron chi connectivity index (χ2n) is 8.81. The van der Waals surface area contributed by atoms with E-state index in [0.717, 1.165) is 51.9 Å². The summed E-state index contributed by atoms with van der Waals surface area (Å²) in [6.07, 6.45) is 1.30. The third kappa shape index (κ3) is 4.73. The second kappa shape index (κ2) is 9.86. The standard InChI is InChI=1S/C27H29N3O2S2/c1-4-32-19-11-9-18(10-12-19)15-24(31)29-27-25(26-28-21-7-5-6-8-22(21)33-26)20-13-14-30(17(2)3)16-23(20)34-27/h5-12,17H,4,13-16H2,1-3H3,(H,29,31). The molecule has 5 rings (SSSR count). The fourth-order valence-corrected chi connectivity index (χ4v) is 6.78. The Morgan fingerprint density at radius 1 is 1.15 bits per heavy atom. The lowest BCUT2D eigenvalue weighted by Crippen LogP contribution is -2.35. The number of fused-ring (bicyclic) bond motifs is 2. The van der Waals surface area contributed by atoms with E-state index >= 15 is 0 Å².